The summed E-state index contributed by atoms with van der Waals surface area (Å²) < 4.78 is 5.96. The SMILES string of the molecule is C=CCOc1cccc(/C=C2\SC(=S)N(c3ccc(Cl)c(Cl)c3)C2=O)c1. The Balaban J connectivity index is 1.87. The van der Waals surface area contributed by atoms with Gasteiger partial charge >= 0.3 is 0 Å². The first kappa shape index (κ1) is 19.0. The highest BCUT2D eigenvalue weighted by Crippen LogP contribution is 2.38. The Morgan fingerprint density at radius 3 is 2.73 bits per heavy atom. The number of benzene rings is 2. The highest BCUT2D eigenvalue weighted by atomic mass is 35.5. The molecule has 3 rings (SSSR count). The van der Waals surface area contributed by atoms with Crippen LogP contribution in [0.25, 0.3) is 6.08 Å². The van der Waals surface area contributed by atoms with Gasteiger partial charge in [0.1, 0.15) is 12.4 Å². The van der Waals surface area contributed by atoms with Crippen LogP contribution < -0.4 is 9.64 Å². The fraction of sp³-hybridized carbons (Fsp3) is 0.0526. The molecule has 1 aliphatic rings. The second-order valence-electron chi connectivity index (χ2n) is 5.29. The van der Waals surface area contributed by atoms with Gasteiger partial charge in [0.05, 0.1) is 20.6 Å². The molecule has 0 saturated carbocycles. The number of amides is 1. The lowest BCUT2D eigenvalue weighted by molar-refractivity contribution is -0.113. The molecule has 26 heavy (non-hydrogen) atoms. The van der Waals surface area contributed by atoms with E-state index in [0.29, 0.717) is 37.3 Å². The lowest BCUT2D eigenvalue weighted by Crippen LogP contribution is -2.27. The van der Waals surface area contributed by atoms with Gasteiger partial charge in [-0.15, -0.1) is 0 Å². The monoisotopic (exact) mass is 421 g/mol. The second-order valence-corrected chi connectivity index (χ2v) is 7.78. The molecule has 2 aromatic rings. The summed E-state index contributed by atoms with van der Waals surface area (Å²) in [6, 6.07) is 12.4. The Morgan fingerprint density at radius 2 is 2.00 bits per heavy atom. The summed E-state index contributed by atoms with van der Waals surface area (Å²) in [5, 5.41) is 0.794. The van der Waals surface area contributed by atoms with Gasteiger partial charge in [0.25, 0.3) is 5.91 Å². The van der Waals surface area contributed by atoms with Crippen LogP contribution in [0.1, 0.15) is 5.56 Å². The number of nitrogens with zero attached hydrogens (tertiary/aromatic N) is 1. The molecular formula is C19H13Cl2NO2S2. The van der Waals surface area contributed by atoms with Gasteiger partial charge in [0, 0.05) is 0 Å². The third-order valence-electron chi connectivity index (χ3n) is 3.48. The zero-order chi connectivity index (χ0) is 18.7. The summed E-state index contributed by atoms with van der Waals surface area (Å²) in [5.74, 6) is 0.509. The lowest BCUT2D eigenvalue weighted by Gasteiger charge is -2.15. The molecule has 3 nitrogen and oxygen atoms in total. The number of carbonyl (C=O) groups excluding carboxylic acids is 1. The standard InChI is InChI=1S/C19H13Cl2NO2S2/c1-2-8-24-14-5-3-4-12(9-14)10-17-18(23)22(19(25)26-17)13-6-7-15(20)16(21)11-13/h2-7,9-11H,1,8H2/b17-10-. The van der Waals surface area contributed by atoms with Crippen LogP contribution in [0.15, 0.2) is 60.0 Å². The molecule has 1 amide bonds. The Morgan fingerprint density at radius 1 is 1.19 bits per heavy atom. The predicted octanol–water partition coefficient (Wildman–Crippen LogP) is 5.96. The zero-order valence-electron chi connectivity index (χ0n) is 13.4. The van der Waals surface area contributed by atoms with Crippen molar-refractivity contribution in [1.29, 1.82) is 0 Å². The maximum absolute atomic E-state index is 12.8. The number of hydrogen-bond acceptors (Lipinski definition) is 4. The van der Waals surface area contributed by atoms with Crippen molar-refractivity contribution in [1.82, 2.24) is 0 Å². The van der Waals surface area contributed by atoms with E-state index in [2.05, 4.69) is 6.58 Å². The van der Waals surface area contributed by atoms with E-state index in [9.17, 15) is 4.79 Å². The third kappa shape index (κ3) is 4.13. The number of carbonyl (C=O) groups is 1. The third-order valence-corrected chi connectivity index (χ3v) is 5.52. The normalized spacial score (nSPS) is 15.6. The number of thioether (sulfide) groups is 1. The Bertz CT molecular complexity index is 928. The van der Waals surface area contributed by atoms with E-state index in [0.717, 1.165) is 5.56 Å². The Kier molecular flexibility index (Phi) is 6.04. The number of anilines is 1. The quantitative estimate of drug-likeness (QED) is 0.338. The molecule has 0 N–H and O–H groups in total. The van der Waals surface area contributed by atoms with Crippen molar-refractivity contribution in [3.05, 3.63) is 75.6 Å². The zero-order valence-corrected chi connectivity index (χ0v) is 16.6. The summed E-state index contributed by atoms with van der Waals surface area (Å²) in [6.07, 6.45) is 3.46. The highest BCUT2D eigenvalue weighted by molar-refractivity contribution is 8.27. The van der Waals surface area contributed by atoms with Crippen LogP contribution >= 0.6 is 47.2 Å². The van der Waals surface area contributed by atoms with Crippen molar-refractivity contribution in [3.63, 3.8) is 0 Å². The number of thiocarbonyl (C=S) groups is 1. The van der Waals surface area contributed by atoms with Gasteiger partial charge in [-0.3, -0.25) is 9.69 Å². The summed E-state index contributed by atoms with van der Waals surface area (Å²) in [6.45, 7) is 4.05. The van der Waals surface area contributed by atoms with Gasteiger partial charge in [-0.05, 0) is 42.0 Å². The maximum Gasteiger partial charge on any atom is 0.270 e. The first-order valence-electron chi connectivity index (χ1n) is 7.56. The Hall–Kier alpha value is -1.79. The molecule has 1 fully saturated rings. The minimum absolute atomic E-state index is 0.198. The fourth-order valence-corrected chi connectivity index (χ4v) is 3.91. The molecule has 0 unspecified atom stereocenters. The summed E-state index contributed by atoms with van der Waals surface area (Å²) in [7, 11) is 0. The average molecular weight is 422 g/mol. The van der Waals surface area contributed by atoms with Crippen LogP contribution in [0.2, 0.25) is 10.0 Å². The van der Waals surface area contributed by atoms with Crippen molar-refractivity contribution >= 4 is 69.2 Å². The van der Waals surface area contributed by atoms with E-state index in [-0.39, 0.29) is 5.91 Å². The van der Waals surface area contributed by atoms with Gasteiger partial charge in [-0.25, -0.2) is 0 Å². The van der Waals surface area contributed by atoms with Crippen molar-refractivity contribution < 1.29 is 9.53 Å². The van der Waals surface area contributed by atoms with E-state index in [1.807, 2.05) is 24.3 Å². The van der Waals surface area contributed by atoms with Crippen molar-refractivity contribution in [3.8, 4) is 5.75 Å². The van der Waals surface area contributed by atoms with Gasteiger partial charge in [0.2, 0.25) is 0 Å². The van der Waals surface area contributed by atoms with E-state index >= 15 is 0 Å². The molecule has 7 heteroatoms. The molecule has 0 atom stereocenters. The minimum Gasteiger partial charge on any atom is -0.490 e. The molecular weight excluding hydrogens is 409 g/mol. The van der Waals surface area contributed by atoms with Crippen molar-refractivity contribution in [2.75, 3.05) is 11.5 Å². The summed E-state index contributed by atoms with van der Waals surface area (Å²) in [4.78, 5) is 14.8. The molecule has 0 aliphatic carbocycles. The largest absolute Gasteiger partial charge is 0.490 e. The molecule has 1 saturated heterocycles. The number of ether oxygens (including phenoxy) is 1. The molecule has 0 spiro atoms. The second kappa shape index (κ2) is 8.27. The van der Waals surface area contributed by atoms with Crippen LogP contribution in [-0.4, -0.2) is 16.8 Å². The molecule has 1 heterocycles. The molecule has 132 valence electrons. The molecule has 0 radical (unpaired) electrons. The van der Waals surface area contributed by atoms with Crippen molar-refractivity contribution in [2.24, 2.45) is 0 Å². The minimum atomic E-state index is -0.198. The fourth-order valence-electron chi connectivity index (χ4n) is 2.32. The van der Waals surface area contributed by atoms with E-state index in [1.54, 1.807) is 30.4 Å². The average Bonchev–Trinajstić information content (AvgIpc) is 2.89. The summed E-state index contributed by atoms with van der Waals surface area (Å²) >= 11 is 18.6. The maximum atomic E-state index is 12.8. The topological polar surface area (TPSA) is 29.5 Å². The van der Waals surface area contributed by atoms with E-state index in [1.165, 1.54) is 16.7 Å². The Labute approximate surface area is 171 Å². The van der Waals surface area contributed by atoms with Crippen LogP contribution in [-0.2, 0) is 4.79 Å². The van der Waals surface area contributed by atoms with Crippen LogP contribution in [0.5, 0.6) is 5.75 Å². The first-order chi connectivity index (χ1) is 12.5. The van der Waals surface area contributed by atoms with Crippen LogP contribution in [0.4, 0.5) is 5.69 Å². The first-order valence-corrected chi connectivity index (χ1v) is 9.54. The number of hydrogen-bond donors (Lipinski definition) is 0. The highest BCUT2D eigenvalue weighted by Gasteiger charge is 2.33. The molecule has 1 aliphatic heterocycles. The number of halogens is 2. The molecule has 0 aromatic heterocycles. The van der Waals surface area contributed by atoms with E-state index in [4.69, 9.17) is 40.2 Å². The smallest absolute Gasteiger partial charge is 0.270 e. The lowest BCUT2D eigenvalue weighted by atomic mass is 10.2. The molecule has 0 bridgehead atoms. The van der Waals surface area contributed by atoms with Gasteiger partial charge in [-0.2, -0.15) is 0 Å². The van der Waals surface area contributed by atoms with Crippen molar-refractivity contribution in [2.45, 2.75) is 0 Å². The van der Waals surface area contributed by atoms with Gasteiger partial charge < -0.3 is 4.74 Å². The van der Waals surface area contributed by atoms with Gasteiger partial charge in [-0.1, -0.05) is 72.0 Å². The number of rotatable bonds is 5. The molecule has 2 aromatic carbocycles. The predicted molar refractivity (Wildman–Crippen MR) is 114 cm³/mol. The summed E-state index contributed by atoms with van der Waals surface area (Å²) in [5.41, 5.74) is 1.44. The van der Waals surface area contributed by atoms with Gasteiger partial charge in [0.15, 0.2) is 4.32 Å². The van der Waals surface area contributed by atoms with Crippen LogP contribution in [0, 0.1) is 0 Å². The van der Waals surface area contributed by atoms with Crippen LogP contribution in [0.3, 0.4) is 0 Å². The van der Waals surface area contributed by atoms with E-state index < -0.39 is 0 Å².